The Hall–Kier alpha value is -2.12. The van der Waals surface area contributed by atoms with Crippen molar-refractivity contribution < 1.29 is 19.2 Å². The van der Waals surface area contributed by atoms with Crippen LogP contribution in [0.4, 0.5) is 4.79 Å². The predicted octanol–water partition coefficient (Wildman–Crippen LogP) is 0.472. The standard InChI is InChI=1S/C17H28N4O4/c1-4-18-13(22)10-20(5-2)14(23)11-21-15(24)17(19-16(21)25)9-7-6-8-12(17)3/h12H,4-11H2,1-3H3,(H,18,22)(H,19,25)/t12-,17-/m1/s1. The van der Waals surface area contributed by atoms with Crippen LogP contribution in [0, 0.1) is 5.92 Å². The Morgan fingerprint density at radius 1 is 1.32 bits per heavy atom. The third kappa shape index (κ3) is 3.77. The molecule has 25 heavy (non-hydrogen) atoms. The normalized spacial score (nSPS) is 25.9. The molecule has 2 fully saturated rings. The third-order valence-corrected chi connectivity index (χ3v) is 5.24. The van der Waals surface area contributed by atoms with Crippen LogP contribution in [0.3, 0.4) is 0 Å². The summed E-state index contributed by atoms with van der Waals surface area (Å²) in [6, 6.07) is -0.513. The Morgan fingerprint density at radius 3 is 2.64 bits per heavy atom. The van der Waals surface area contributed by atoms with E-state index in [0.29, 0.717) is 19.5 Å². The molecule has 2 atom stereocenters. The lowest BCUT2D eigenvalue weighted by molar-refractivity contribution is -0.141. The summed E-state index contributed by atoms with van der Waals surface area (Å²) in [4.78, 5) is 51.7. The summed E-state index contributed by atoms with van der Waals surface area (Å²) in [5.41, 5.74) is -0.869. The lowest BCUT2D eigenvalue weighted by Crippen LogP contribution is -2.54. The van der Waals surface area contributed by atoms with Crippen molar-refractivity contribution >= 4 is 23.8 Å². The van der Waals surface area contributed by atoms with Crippen molar-refractivity contribution in [2.75, 3.05) is 26.2 Å². The molecule has 0 aromatic carbocycles. The first-order chi connectivity index (χ1) is 11.9. The van der Waals surface area contributed by atoms with Gasteiger partial charge in [-0.2, -0.15) is 0 Å². The van der Waals surface area contributed by atoms with Gasteiger partial charge in [-0.3, -0.25) is 19.3 Å². The zero-order valence-electron chi connectivity index (χ0n) is 15.3. The highest BCUT2D eigenvalue weighted by atomic mass is 16.2. The summed E-state index contributed by atoms with van der Waals surface area (Å²) < 4.78 is 0. The summed E-state index contributed by atoms with van der Waals surface area (Å²) in [6.45, 7) is 5.94. The van der Waals surface area contributed by atoms with Gasteiger partial charge in [-0.15, -0.1) is 0 Å². The lowest BCUT2D eigenvalue weighted by atomic mass is 9.73. The Bertz CT molecular complexity index is 565. The summed E-state index contributed by atoms with van der Waals surface area (Å²) in [5, 5.41) is 5.47. The van der Waals surface area contributed by atoms with Crippen molar-refractivity contribution in [2.24, 2.45) is 5.92 Å². The largest absolute Gasteiger partial charge is 0.355 e. The molecule has 5 amide bonds. The zero-order valence-corrected chi connectivity index (χ0v) is 15.3. The van der Waals surface area contributed by atoms with Crippen LogP contribution < -0.4 is 10.6 Å². The second kappa shape index (κ2) is 7.84. The molecule has 1 aliphatic carbocycles. The van der Waals surface area contributed by atoms with Crippen LogP contribution in [0.25, 0.3) is 0 Å². The van der Waals surface area contributed by atoms with Crippen LogP contribution in [0.15, 0.2) is 0 Å². The van der Waals surface area contributed by atoms with E-state index < -0.39 is 17.5 Å². The fraction of sp³-hybridized carbons (Fsp3) is 0.765. The van der Waals surface area contributed by atoms with Gasteiger partial charge in [0.25, 0.3) is 5.91 Å². The zero-order chi connectivity index (χ0) is 18.6. The summed E-state index contributed by atoms with van der Waals surface area (Å²) >= 11 is 0. The van der Waals surface area contributed by atoms with Gasteiger partial charge in [-0.1, -0.05) is 19.8 Å². The Kier molecular flexibility index (Phi) is 6.02. The fourth-order valence-corrected chi connectivity index (χ4v) is 3.68. The average molecular weight is 352 g/mol. The van der Waals surface area contributed by atoms with E-state index in [1.165, 1.54) is 4.90 Å². The number of hydrogen-bond acceptors (Lipinski definition) is 4. The van der Waals surface area contributed by atoms with Crippen LogP contribution in [0.2, 0.25) is 0 Å². The van der Waals surface area contributed by atoms with Crippen molar-refractivity contribution in [3.63, 3.8) is 0 Å². The molecule has 1 aliphatic heterocycles. The molecule has 8 heteroatoms. The van der Waals surface area contributed by atoms with Gasteiger partial charge in [-0.05, 0) is 32.6 Å². The van der Waals surface area contributed by atoms with Gasteiger partial charge in [-0.25, -0.2) is 4.79 Å². The van der Waals surface area contributed by atoms with Crippen molar-refractivity contribution in [1.29, 1.82) is 0 Å². The molecular formula is C17H28N4O4. The molecule has 2 rings (SSSR count). The SMILES string of the molecule is CCNC(=O)CN(CC)C(=O)CN1C(=O)N[C@@]2(CCCC[C@H]2C)C1=O. The van der Waals surface area contributed by atoms with Gasteiger partial charge in [0, 0.05) is 13.1 Å². The summed E-state index contributed by atoms with van der Waals surface area (Å²) in [5.74, 6) is -0.924. The minimum atomic E-state index is -0.869. The van der Waals surface area contributed by atoms with Crippen LogP contribution >= 0.6 is 0 Å². The number of hydrogen-bond donors (Lipinski definition) is 2. The highest BCUT2D eigenvalue weighted by Crippen LogP contribution is 2.38. The average Bonchev–Trinajstić information content (AvgIpc) is 2.80. The maximum atomic E-state index is 12.9. The third-order valence-electron chi connectivity index (χ3n) is 5.24. The van der Waals surface area contributed by atoms with Crippen molar-refractivity contribution in [3.05, 3.63) is 0 Å². The summed E-state index contributed by atoms with van der Waals surface area (Å²) in [7, 11) is 0. The Morgan fingerprint density at radius 2 is 2.04 bits per heavy atom. The minimum absolute atomic E-state index is 0.0513. The molecule has 1 heterocycles. The molecule has 140 valence electrons. The first kappa shape index (κ1) is 19.2. The van der Waals surface area contributed by atoms with Crippen molar-refractivity contribution in [1.82, 2.24) is 20.4 Å². The molecule has 0 radical (unpaired) electrons. The van der Waals surface area contributed by atoms with Crippen LogP contribution in [0.5, 0.6) is 0 Å². The molecule has 0 bridgehead atoms. The molecule has 8 nitrogen and oxygen atoms in total. The van der Waals surface area contributed by atoms with E-state index in [1.54, 1.807) is 13.8 Å². The quantitative estimate of drug-likeness (QED) is 0.679. The number of imide groups is 1. The number of nitrogens with one attached hydrogen (secondary N) is 2. The predicted molar refractivity (Wildman–Crippen MR) is 91.5 cm³/mol. The van der Waals surface area contributed by atoms with Gasteiger partial charge < -0.3 is 15.5 Å². The maximum absolute atomic E-state index is 12.9. The molecular weight excluding hydrogens is 324 g/mol. The molecule has 0 aromatic rings. The number of rotatable bonds is 6. The number of amides is 5. The van der Waals surface area contributed by atoms with Gasteiger partial charge in [0.15, 0.2) is 0 Å². The van der Waals surface area contributed by atoms with E-state index in [0.717, 1.165) is 24.2 Å². The number of carbonyl (C=O) groups excluding carboxylic acids is 4. The van der Waals surface area contributed by atoms with Gasteiger partial charge in [0.05, 0.1) is 6.54 Å². The molecule has 0 aromatic heterocycles. The number of likely N-dealkylation sites (N-methyl/N-ethyl adjacent to an activating group) is 2. The van der Waals surface area contributed by atoms with Gasteiger partial charge >= 0.3 is 6.03 Å². The molecule has 1 saturated heterocycles. The first-order valence-corrected chi connectivity index (χ1v) is 9.04. The summed E-state index contributed by atoms with van der Waals surface area (Å²) in [6.07, 6.45) is 3.42. The van der Waals surface area contributed by atoms with Crippen molar-refractivity contribution in [3.8, 4) is 0 Å². The van der Waals surface area contributed by atoms with Crippen LogP contribution in [-0.2, 0) is 14.4 Å². The van der Waals surface area contributed by atoms with E-state index in [4.69, 9.17) is 0 Å². The number of nitrogens with zero attached hydrogens (tertiary/aromatic N) is 2. The van der Waals surface area contributed by atoms with Gasteiger partial charge in [0.1, 0.15) is 12.1 Å². The topological polar surface area (TPSA) is 98.8 Å². The van der Waals surface area contributed by atoms with Crippen LogP contribution in [-0.4, -0.2) is 65.3 Å². The number of carbonyl (C=O) groups is 4. The molecule has 2 N–H and O–H groups in total. The maximum Gasteiger partial charge on any atom is 0.325 e. The highest BCUT2D eigenvalue weighted by Gasteiger charge is 2.55. The van der Waals surface area contributed by atoms with E-state index in [-0.39, 0.29) is 30.8 Å². The van der Waals surface area contributed by atoms with E-state index in [2.05, 4.69) is 10.6 Å². The Labute approximate surface area is 148 Å². The smallest absolute Gasteiger partial charge is 0.325 e. The Balaban J connectivity index is 2.06. The van der Waals surface area contributed by atoms with E-state index in [1.807, 2.05) is 6.92 Å². The van der Waals surface area contributed by atoms with Crippen LogP contribution in [0.1, 0.15) is 46.5 Å². The van der Waals surface area contributed by atoms with Crippen molar-refractivity contribution in [2.45, 2.75) is 52.0 Å². The minimum Gasteiger partial charge on any atom is -0.355 e. The van der Waals surface area contributed by atoms with Gasteiger partial charge in [0.2, 0.25) is 11.8 Å². The molecule has 2 aliphatic rings. The lowest BCUT2D eigenvalue weighted by Gasteiger charge is -2.36. The molecule has 1 saturated carbocycles. The second-order valence-electron chi connectivity index (χ2n) is 6.80. The second-order valence-corrected chi connectivity index (χ2v) is 6.80. The molecule has 1 spiro atoms. The van der Waals surface area contributed by atoms with E-state index >= 15 is 0 Å². The monoisotopic (exact) mass is 352 g/mol. The number of urea groups is 1. The molecule has 0 unspecified atom stereocenters. The first-order valence-electron chi connectivity index (χ1n) is 9.04. The highest BCUT2D eigenvalue weighted by molar-refractivity contribution is 6.09. The fourth-order valence-electron chi connectivity index (χ4n) is 3.68. The van der Waals surface area contributed by atoms with E-state index in [9.17, 15) is 19.2 Å².